The lowest BCUT2D eigenvalue weighted by molar-refractivity contribution is 0.589. The fourth-order valence-corrected chi connectivity index (χ4v) is 2.70. The number of rotatable bonds is 1. The van der Waals surface area contributed by atoms with E-state index >= 15 is 0 Å². The molecule has 1 N–H and O–H groups in total. The number of aromatic amines is 1. The number of imidazole rings is 1. The van der Waals surface area contributed by atoms with Crippen LogP contribution in [0.15, 0.2) is 35.3 Å². The third-order valence-electron chi connectivity index (χ3n) is 4.12. The molecular weight excluding hydrogens is 274 g/mol. The molecule has 0 radical (unpaired) electrons. The van der Waals surface area contributed by atoms with Gasteiger partial charge in [0.25, 0.3) is 0 Å². The highest BCUT2D eigenvalue weighted by Crippen LogP contribution is 2.26. The minimum Gasteiger partial charge on any atom is -0.343 e. The fourth-order valence-electron chi connectivity index (χ4n) is 2.70. The van der Waals surface area contributed by atoms with Gasteiger partial charge in [0.05, 0.1) is 11.4 Å². The van der Waals surface area contributed by atoms with Gasteiger partial charge >= 0.3 is 0 Å². The van der Waals surface area contributed by atoms with Gasteiger partial charge in [-0.15, -0.1) is 0 Å². The van der Waals surface area contributed by atoms with Crippen LogP contribution in [0.5, 0.6) is 0 Å². The molecule has 4 nitrogen and oxygen atoms in total. The highest BCUT2D eigenvalue weighted by molar-refractivity contribution is 5.62. The van der Waals surface area contributed by atoms with E-state index in [0.29, 0.717) is 0 Å². The third kappa shape index (κ3) is 2.34. The number of hydrogen-bond donors (Lipinski definition) is 1. The molecule has 0 aliphatic rings. The van der Waals surface area contributed by atoms with Crippen LogP contribution in [-0.4, -0.2) is 14.4 Å². The van der Waals surface area contributed by atoms with Crippen molar-refractivity contribution in [2.45, 2.75) is 40.0 Å². The average molecular weight is 295 g/mol. The van der Waals surface area contributed by atoms with Crippen LogP contribution in [-0.2, 0) is 5.41 Å². The molecule has 0 aliphatic heterocycles. The summed E-state index contributed by atoms with van der Waals surface area (Å²) < 4.78 is 2.06. The van der Waals surface area contributed by atoms with Gasteiger partial charge in [-0.2, -0.15) is 0 Å². The smallest absolute Gasteiger partial charge is 0.184 e. The van der Waals surface area contributed by atoms with Crippen molar-refractivity contribution in [2.75, 3.05) is 0 Å². The predicted molar refractivity (Wildman–Crippen MR) is 89.4 cm³/mol. The van der Waals surface area contributed by atoms with Gasteiger partial charge in [0, 0.05) is 29.7 Å². The summed E-state index contributed by atoms with van der Waals surface area (Å²) >= 11 is 0. The molecule has 0 aromatic carbocycles. The number of nitrogens with one attached hydrogen (secondary N) is 1. The van der Waals surface area contributed by atoms with Crippen LogP contribution < -0.4 is 5.43 Å². The number of hydrogen-bond acceptors (Lipinski definition) is 2. The predicted octanol–water partition coefficient (Wildman–Crippen LogP) is 3.60. The number of aromatic nitrogens is 3. The molecule has 114 valence electrons. The van der Waals surface area contributed by atoms with E-state index in [0.717, 1.165) is 28.4 Å². The van der Waals surface area contributed by atoms with Crippen LogP contribution in [0.3, 0.4) is 0 Å². The first kappa shape index (κ1) is 14.6. The van der Waals surface area contributed by atoms with Crippen LogP contribution in [0.2, 0.25) is 0 Å². The van der Waals surface area contributed by atoms with Gasteiger partial charge in [0.1, 0.15) is 5.65 Å². The monoisotopic (exact) mass is 295 g/mol. The molecule has 3 aromatic rings. The van der Waals surface area contributed by atoms with E-state index in [1.165, 1.54) is 5.56 Å². The minimum absolute atomic E-state index is 0.0146. The van der Waals surface area contributed by atoms with E-state index in [4.69, 9.17) is 0 Å². The lowest BCUT2D eigenvalue weighted by Gasteiger charge is -2.19. The van der Waals surface area contributed by atoms with Crippen LogP contribution in [0, 0.1) is 13.8 Å². The van der Waals surface area contributed by atoms with Crippen molar-refractivity contribution in [3.63, 3.8) is 0 Å². The number of H-pyrrole nitrogens is 1. The van der Waals surface area contributed by atoms with Crippen molar-refractivity contribution in [3.8, 4) is 11.4 Å². The van der Waals surface area contributed by atoms with Crippen molar-refractivity contribution >= 4 is 5.65 Å². The Hall–Kier alpha value is -2.36. The largest absolute Gasteiger partial charge is 0.343 e. The molecule has 3 aromatic heterocycles. The summed E-state index contributed by atoms with van der Waals surface area (Å²) in [6.07, 6.45) is 1.81. The summed E-state index contributed by atoms with van der Waals surface area (Å²) in [6, 6.07) is 7.38. The Kier molecular flexibility index (Phi) is 3.20. The first-order valence-corrected chi connectivity index (χ1v) is 7.46. The molecule has 3 heterocycles. The lowest BCUT2D eigenvalue weighted by atomic mass is 9.87. The zero-order chi connectivity index (χ0) is 16.1. The molecular formula is C18H21N3O. The zero-order valence-electron chi connectivity index (χ0n) is 13.7. The van der Waals surface area contributed by atoms with Crippen LogP contribution >= 0.6 is 0 Å². The molecule has 0 fully saturated rings. The van der Waals surface area contributed by atoms with Crippen molar-refractivity contribution in [1.82, 2.24) is 14.4 Å². The van der Waals surface area contributed by atoms with Crippen LogP contribution in [0.25, 0.3) is 17.0 Å². The second-order valence-electron chi connectivity index (χ2n) is 6.81. The van der Waals surface area contributed by atoms with Crippen LogP contribution in [0.1, 0.15) is 37.7 Å². The van der Waals surface area contributed by atoms with E-state index in [9.17, 15) is 4.79 Å². The Balaban J connectivity index is 2.33. The second kappa shape index (κ2) is 4.83. The first-order chi connectivity index (χ1) is 10.3. The maximum absolute atomic E-state index is 12.0. The number of fused-ring (bicyclic) bond motifs is 1. The number of pyridine rings is 2. The van der Waals surface area contributed by atoms with Gasteiger partial charge in [0.15, 0.2) is 5.43 Å². The SMILES string of the molecule is Cc1[nH]c2cc(=O)cc(-c3cc(C(C)(C)C)ccn3)n2c1C. The molecule has 0 bridgehead atoms. The van der Waals surface area contributed by atoms with Gasteiger partial charge < -0.3 is 4.98 Å². The maximum atomic E-state index is 12.0. The van der Waals surface area contributed by atoms with Crippen LogP contribution in [0.4, 0.5) is 0 Å². The van der Waals surface area contributed by atoms with Crippen molar-refractivity contribution in [1.29, 1.82) is 0 Å². The van der Waals surface area contributed by atoms with Crippen molar-refractivity contribution in [2.24, 2.45) is 0 Å². The zero-order valence-corrected chi connectivity index (χ0v) is 13.7. The van der Waals surface area contributed by atoms with Crippen molar-refractivity contribution < 1.29 is 0 Å². The molecule has 0 spiro atoms. The summed E-state index contributed by atoms with van der Waals surface area (Å²) in [6.45, 7) is 10.6. The Bertz CT molecular complexity index is 910. The Morgan fingerprint density at radius 2 is 1.86 bits per heavy atom. The minimum atomic E-state index is -0.0146. The summed E-state index contributed by atoms with van der Waals surface area (Å²) in [5.41, 5.74) is 5.83. The van der Waals surface area contributed by atoms with Gasteiger partial charge in [-0.05, 0) is 37.0 Å². The normalized spacial score (nSPS) is 12.0. The number of aryl methyl sites for hydroxylation is 2. The standard InChI is InChI=1S/C18H21N3O/c1-11-12(2)21-16(9-14(22)10-17(21)20-11)15-8-13(6-7-19-15)18(3,4)5/h6-10,20H,1-5H3. The van der Waals surface area contributed by atoms with E-state index in [2.05, 4.69) is 41.2 Å². The highest BCUT2D eigenvalue weighted by atomic mass is 16.1. The van der Waals surface area contributed by atoms with E-state index in [-0.39, 0.29) is 10.8 Å². The van der Waals surface area contributed by atoms with Gasteiger partial charge in [-0.1, -0.05) is 20.8 Å². The molecule has 0 amide bonds. The summed E-state index contributed by atoms with van der Waals surface area (Å²) in [7, 11) is 0. The quantitative estimate of drug-likeness (QED) is 0.745. The van der Waals surface area contributed by atoms with E-state index in [1.54, 1.807) is 12.1 Å². The third-order valence-corrected chi connectivity index (χ3v) is 4.12. The van der Waals surface area contributed by atoms with Crippen molar-refractivity contribution in [3.05, 3.63) is 57.6 Å². The Labute approximate surface area is 129 Å². The summed E-state index contributed by atoms with van der Waals surface area (Å²) in [5, 5.41) is 0. The summed E-state index contributed by atoms with van der Waals surface area (Å²) in [5.74, 6) is 0. The summed E-state index contributed by atoms with van der Waals surface area (Å²) in [4.78, 5) is 19.8. The number of nitrogens with zero attached hydrogens (tertiary/aromatic N) is 2. The molecule has 22 heavy (non-hydrogen) atoms. The van der Waals surface area contributed by atoms with Gasteiger partial charge in [-0.25, -0.2) is 0 Å². The molecule has 0 saturated carbocycles. The highest BCUT2D eigenvalue weighted by Gasteiger charge is 2.17. The molecule has 0 aliphatic carbocycles. The first-order valence-electron chi connectivity index (χ1n) is 7.46. The molecule has 0 saturated heterocycles. The fraction of sp³-hybridized carbons (Fsp3) is 0.333. The lowest BCUT2D eigenvalue weighted by Crippen LogP contribution is -2.12. The maximum Gasteiger partial charge on any atom is 0.184 e. The topological polar surface area (TPSA) is 50.2 Å². The Morgan fingerprint density at radius 1 is 1.14 bits per heavy atom. The van der Waals surface area contributed by atoms with Gasteiger partial charge in [0.2, 0.25) is 0 Å². The molecule has 0 unspecified atom stereocenters. The second-order valence-corrected chi connectivity index (χ2v) is 6.81. The molecule has 4 heteroatoms. The van der Waals surface area contributed by atoms with E-state index in [1.807, 2.05) is 26.1 Å². The Morgan fingerprint density at radius 3 is 2.55 bits per heavy atom. The van der Waals surface area contributed by atoms with Gasteiger partial charge in [-0.3, -0.25) is 14.2 Å². The molecule has 3 rings (SSSR count). The molecule has 0 atom stereocenters. The van der Waals surface area contributed by atoms with E-state index < -0.39 is 0 Å². The average Bonchev–Trinajstić information content (AvgIpc) is 2.72.